The molecular weight excluding hydrogens is 468 g/mol. The maximum absolute atomic E-state index is 12.4. The molecule has 11 nitrogen and oxygen atoms in total. The molecule has 0 saturated heterocycles. The van der Waals surface area contributed by atoms with Crippen molar-refractivity contribution in [3.8, 4) is 17.2 Å². The number of carbonyl (C=O) groups excluding carboxylic acids is 2. The first kappa shape index (κ1) is 26.4. The fraction of sp³-hybridized carbons (Fsp3) is 0.320. The van der Waals surface area contributed by atoms with Gasteiger partial charge in [-0.3, -0.25) is 5.43 Å². The zero-order chi connectivity index (χ0) is 26.1. The van der Waals surface area contributed by atoms with Gasteiger partial charge in [-0.1, -0.05) is 18.2 Å². The molecule has 1 aliphatic rings. The molecule has 1 heterocycles. The number of hydrogen-bond acceptors (Lipinski definition) is 9. The van der Waals surface area contributed by atoms with Crippen LogP contribution in [0.3, 0.4) is 0 Å². The van der Waals surface area contributed by atoms with E-state index in [2.05, 4.69) is 21.2 Å². The molecule has 192 valence electrons. The van der Waals surface area contributed by atoms with E-state index < -0.39 is 24.3 Å². The topological polar surface area (TPSA) is 140 Å². The van der Waals surface area contributed by atoms with Crippen molar-refractivity contribution in [3.63, 3.8) is 0 Å². The van der Waals surface area contributed by atoms with E-state index in [4.69, 9.17) is 18.9 Å². The SMILES string of the molecule is CCOc1cc([C@H]2NC(=O)NC(C)=C2C(=O)OC)ccc1OC[C@@H](O)N/N=C\c1ccccc1OC. The lowest BCUT2D eigenvalue weighted by Gasteiger charge is -2.28. The molecule has 0 spiro atoms. The summed E-state index contributed by atoms with van der Waals surface area (Å²) in [6.07, 6.45) is 0.426. The number of hydrogen-bond donors (Lipinski definition) is 4. The van der Waals surface area contributed by atoms with Gasteiger partial charge in [0.2, 0.25) is 0 Å². The Balaban J connectivity index is 1.71. The molecule has 4 N–H and O–H groups in total. The molecule has 0 aliphatic carbocycles. The molecule has 2 aromatic carbocycles. The number of benzene rings is 2. The molecule has 2 aromatic rings. The van der Waals surface area contributed by atoms with Crippen LogP contribution in [0.1, 0.15) is 31.0 Å². The third-order valence-corrected chi connectivity index (χ3v) is 5.24. The van der Waals surface area contributed by atoms with Crippen LogP contribution >= 0.6 is 0 Å². The summed E-state index contributed by atoms with van der Waals surface area (Å²) in [5.41, 5.74) is 4.62. The molecule has 0 unspecified atom stereocenters. The molecule has 0 aromatic heterocycles. The van der Waals surface area contributed by atoms with Crippen LogP contribution in [-0.2, 0) is 9.53 Å². The fourth-order valence-corrected chi connectivity index (χ4v) is 3.59. The average molecular weight is 499 g/mol. The Morgan fingerprint density at radius 1 is 1.17 bits per heavy atom. The van der Waals surface area contributed by atoms with Crippen molar-refractivity contribution in [1.29, 1.82) is 0 Å². The van der Waals surface area contributed by atoms with Gasteiger partial charge in [-0.05, 0) is 43.7 Å². The second-order valence-corrected chi connectivity index (χ2v) is 7.66. The molecule has 0 fully saturated rings. The predicted molar refractivity (Wildman–Crippen MR) is 132 cm³/mol. The van der Waals surface area contributed by atoms with Crippen LogP contribution in [0, 0.1) is 0 Å². The number of rotatable bonds is 11. The molecular formula is C25H30N4O7. The summed E-state index contributed by atoms with van der Waals surface area (Å²) >= 11 is 0. The van der Waals surface area contributed by atoms with Gasteiger partial charge in [-0.15, -0.1) is 0 Å². The van der Waals surface area contributed by atoms with Crippen molar-refractivity contribution in [1.82, 2.24) is 16.1 Å². The molecule has 1 aliphatic heterocycles. The zero-order valence-corrected chi connectivity index (χ0v) is 20.5. The van der Waals surface area contributed by atoms with E-state index in [0.29, 0.717) is 35.1 Å². The Bertz CT molecular complexity index is 1150. The van der Waals surface area contributed by atoms with Crippen molar-refractivity contribution in [2.75, 3.05) is 27.4 Å². The summed E-state index contributed by atoms with van der Waals surface area (Å²) in [5.74, 6) is 0.844. The van der Waals surface area contributed by atoms with Gasteiger partial charge in [0.25, 0.3) is 0 Å². The molecule has 36 heavy (non-hydrogen) atoms. The zero-order valence-electron chi connectivity index (χ0n) is 20.5. The van der Waals surface area contributed by atoms with Crippen molar-refractivity contribution in [3.05, 3.63) is 64.9 Å². The van der Waals surface area contributed by atoms with Gasteiger partial charge in [-0.2, -0.15) is 5.10 Å². The quantitative estimate of drug-likeness (QED) is 0.160. The number of esters is 1. The predicted octanol–water partition coefficient (Wildman–Crippen LogP) is 2.22. The summed E-state index contributed by atoms with van der Waals surface area (Å²) in [7, 11) is 2.84. The third kappa shape index (κ3) is 6.45. The summed E-state index contributed by atoms with van der Waals surface area (Å²) in [4.78, 5) is 24.4. The molecule has 11 heteroatoms. The van der Waals surface area contributed by atoms with Crippen LogP contribution in [-0.4, -0.2) is 57.0 Å². The van der Waals surface area contributed by atoms with Gasteiger partial charge in [0.05, 0.1) is 38.7 Å². The minimum Gasteiger partial charge on any atom is -0.496 e. The number of aliphatic hydroxyl groups is 1. The van der Waals surface area contributed by atoms with Crippen molar-refractivity contribution < 1.29 is 33.6 Å². The number of carbonyl (C=O) groups is 2. The molecule has 0 saturated carbocycles. The Kier molecular flexibility index (Phi) is 9.12. The van der Waals surface area contributed by atoms with Gasteiger partial charge >= 0.3 is 12.0 Å². The minimum atomic E-state index is -1.11. The summed E-state index contributed by atoms with van der Waals surface area (Å²) in [5, 5.41) is 19.6. The lowest BCUT2D eigenvalue weighted by molar-refractivity contribution is -0.136. The third-order valence-electron chi connectivity index (χ3n) is 5.24. The number of nitrogens with zero attached hydrogens (tertiary/aromatic N) is 1. The number of nitrogens with one attached hydrogen (secondary N) is 3. The number of hydrazone groups is 1. The number of allylic oxidation sites excluding steroid dienone is 1. The monoisotopic (exact) mass is 498 g/mol. The summed E-state index contributed by atoms with van der Waals surface area (Å²) < 4.78 is 21.6. The largest absolute Gasteiger partial charge is 0.496 e. The standard InChI is InChI=1S/C25H30N4O7/c1-5-35-20-12-16(23-22(24(31)34-4)15(2)27-25(32)28-23)10-11-19(20)36-14-21(30)29-26-13-17-8-6-7-9-18(17)33-3/h6-13,21,23,29-30H,5,14H2,1-4H3,(H2,27,28,32)/b26-13-/t21-,23-/m1/s1. The van der Waals surface area contributed by atoms with E-state index in [9.17, 15) is 14.7 Å². The Morgan fingerprint density at radius 3 is 2.67 bits per heavy atom. The normalized spacial score (nSPS) is 16.1. The van der Waals surface area contributed by atoms with Gasteiger partial charge in [0, 0.05) is 11.3 Å². The average Bonchev–Trinajstić information content (AvgIpc) is 2.87. The first-order valence-corrected chi connectivity index (χ1v) is 11.2. The molecule has 2 atom stereocenters. The highest BCUT2D eigenvalue weighted by atomic mass is 16.5. The van der Waals surface area contributed by atoms with Crippen molar-refractivity contribution in [2.24, 2.45) is 5.10 Å². The van der Waals surface area contributed by atoms with Crippen molar-refractivity contribution in [2.45, 2.75) is 26.1 Å². The summed E-state index contributed by atoms with van der Waals surface area (Å²) in [6, 6.07) is 11.2. The lowest BCUT2D eigenvalue weighted by atomic mass is 9.95. The lowest BCUT2D eigenvalue weighted by Crippen LogP contribution is -2.45. The smallest absolute Gasteiger partial charge is 0.337 e. The molecule has 3 rings (SSSR count). The number of ether oxygens (including phenoxy) is 4. The van der Waals surface area contributed by atoms with Gasteiger partial charge < -0.3 is 34.7 Å². The van der Waals surface area contributed by atoms with E-state index in [1.807, 2.05) is 25.1 Å². The first-order valence-electron chi connectivity index (χ1n) is 11.2. The van der Waals surface area contributed by atoms with Crippen molar-refractivity contribution >= 4 is 18.2 Å². The minimum absolute atomic E-state index is 0.126. The van der Waals surface area contributed by atoms with Crippen LogP contribution in [0.15, 0.2) is 58.8 Å². The number of methoxy groups -OCH3 is 2. The van der Waals surface area contributed by atoms with Gasteiger partial charge in [-0.25, -0.2) is 9.59 Å². The molecule has 0 bridgehead atoms. The number of urea groups is 1. The highest BCUT2D eigenvalue weighted by molar-refractivity contribution is 5.95. The maximum atomic E-state index is 12.4. The van der Waals surface area contributed by atoms with E-state index in [1.165, 1.54) is 13.3 Å². The first-order chi connectivity index (χ1) is 17.4. The summed E-state index contributed by atoms with van der Waals surface area (Å²) in [6.45, 7) is 3.67. The number of amides is 2. The molecule has 0 radical (unpaired) electrons. The van der Waals surface area contributed by atoms with Crippen LogP contribution in [0.2, 0.25) is 0 Å². The maximum Gasteiger partial charge on any atom is 0.337 e. The van der Waals surface area contributed by atoms with Gasteiger partial charge in [0.1, 0.15) is 12.4 Å². The molecule has 2 amide bonds. The van der Waals surface area contributed by atoms with Crippen LogP contribution in [0.4, 0.5) is 4.79 Å². The Hall–Kier alpha value is -4.25. The second kappa shape index (κ2) is 12.5. The highest BCUT2D eigenvalue weighted by Gasteiger charge is 2.32. The van der Waals surface area contributed by atoms with E-state index in [-0.39, 0.29) is 12.2 Å². The van der Waals surface area contributed by atoms with E-state index in [0.717, 1.165) is 5.56 Å². The van der Waals surface area contributed by atoms with Crippen LogP contribution in [0.5, 0.6) is 17.2 Å². The van der Waals surface area contributed by atoms with E-state index >= 15 is 0 Å². The number of para-hydroxylation sites is 1. The second-order valence-electron chi connectivity index (χ2n) is 7.66. The highest BCUT2D eigenvalue weighted by Crippen LogP contribution is 2.34. The van der Waals surface area contributed by atoms with Crippen LogP contribution < -0.4 is 30.3 Å². The van der Waals surface area contributed by atoms with Crippen LogP contribution in [0.25, 0.3) is 0 Å². The fourth-order valence-electron chi connectivity index (χ4n) is 3.59. The van der Waals surface area contributed by atoms with Gasteiger partial charge in [0.15, 0.2) is 17.7 Å². The van der Waals surface area contributed by atoms with E-state index in [1.54, 1.807) is 38.3 Å². The Labute approximate surface area is 209 Å². The Morgan fingerprint density at radius 2 is 1.94 bits per heavy atom. The number of aliphatic hydroxyl groups excluding tert-OH is 1.